The Bertz CT molecular complexity index is 2000. The molecule has 0 aliphatic carbocycles. The van der Waals surface area contributed by atoms with Crippen LogP contribution in [0.5, 0.6) is 23.0 Å². The minimum atomic E-state index is -1.34. The molecular weight excluding hydrogens is 658 g/mol. The van der Waals surface area contributed by atoms with Gasteiger partial charge >= 0.3 is 6.09 Å². The molecule has 0 atom stereocenters. The number of benzene rings is 3. The molecule has 5 rings (SSSR count). The Morgan fingerprint density at radius 3 is 2.31 bits per heavy atom. The summed E-state index contributed by atoms with van der Waals surface area (Å²) in [4.78, 5) is 42.2. The fourth-order valence-corrected chi connectivity index (χ4v) is 5.03. The molecule has 0 radical (unpaired) electrons. The van der Waals surface area contributed by atoms with Gasteiger partial charge < -0.3 is 30.0 Å². The summed E-state index contributed by atoms with van der Waals surface area (Å²) in [6, 6.07) is 14.7. The van der Waals surface area contributed by atoms with Crippen molar-refractivity contribution in [3.63, 3.8) is 0 Å². The maximum atomic E-state index is 15.2. The molecule has 45 heavy (non-hydrogen) atoms. The van der Waals surface area contributed by atoms with Crippen molar-refractivity contribution in [3.8, 4) is 28.7 Å². The van der Waals surface area contributed by atoms with Gasteiger partial charge in [0.2, 0.25) is 0 Å². The molecule has 0 saturated heterocycles. The van der Waals surface area contributed by atoms with Gasteiger partial charge in [-0.25, -0.2) is 13.6 Å². The summed E-state index contributed by atoms with van der Waals surface area (Å²) < 4.78 is 46.6. The largest absolute Gasteiger partial charge is 0.493 e. The van der Waals surface area contributed by atoms with E-state index < -0.39 is 29.2 Å². The van der Waals surface area contributed by atoms with E-state index >= 15 is 4.39 Å². The molecule has 11 nitrogen and oxygen atoms in total. The Hall–Kier alpha value is -5.50. The molecule has 230 valence electrons. The average molecular weight is 681 g/mol. The van der Waals surface area contributed by atoms with Crippen LogP contribution in [0.25, 0.3) is 16.6 Å². The number of ether oxygens (including phenoxy) is 3. The number of halogens is 3. The monoisotopic (exact) mass is 680 g/mol. The van der Waals surface area contributed by atoms with Crippen molar-refractivity contribution >= 4 is 44.5 Å². The number of fused-ring (bicyclic) bond motifs is 1. The van der Waals surface area contributed by atoms with Crippen molar-refractivity contribution < 1.29 is 37.7 Å². The number of nitrogens with one attached hydrogen (secondary N) is 2. The number of anilines is 1. The molecule has 0 aliphatic heterocycles. The summed E-state index contributed by atoms with van der Waals surface area (Å²) >= 11 is 3.29. The summed E-state index contributed by atoms with van der Waals surface area (Å²) in [6.07, 6.45) is 0.156. The van der Waals surface area contributed by atoms with Gasteiger partial charge in [-0.2, -0.15) is 0 Å². The van der Waals surface area contributed by atoms with Crippen LogP contribution in [-0.4, -0.2) is 40.9 Å². The van der Waals surface area contributed by atoms with Crippen molar-refractivity contribution in [1.82, 2.24) is 14.9 Å². The van der Waals surface area contributed by atoms with Crippen molar-refractivity contribution in [2.45, 2.75) is 6.54 Å². The summed E-state index contributed by atoms with van der Waals surface area (Å²) in [5.74, 6) is -1.20. The van der Waals surface area contributed by atoms with Gasteiger partial charge in [-0.05, 0) is 70.5 Å². The van der Waals surface area contributed by atoms with Gasteiger partial charge in [0.1, 0.15) is 17.1 Å². The molecule has 0 unspecified atom stereocenters. The maximum absolute atomic E-state index is 15.2. The van der Waals surface area contributed by atoms with Crippen LogP contribution in [-0.2, 0) is 6.54 Å². The van der Waals surface area contributed by atoms with Crippen molar-refractivity contribution in [1.29, 1.82) is 0 Å². The Kier molecular flexibility index (Phi) is 8.95. The standard InChI is InChI=1S/C31H23BrF2N4O7/c1-43-27-13-19-23(14-28(27)44-2)35-10-9-25(19)45-26-8-5-17(11-22(26)34)37-29(39)20-12-21(32)24(15-36-31(41)42)38(30(20)40)18-6-3-16(33)4-7-18/h3-14,36H,15H2,1-2H3,(H,37,39)(H,41,42). The molecule has 0 saturated carbocycles. The van der Waals surface area contributed by atoms with E-state index in [0.29, 0.717) is 28.2 Å². The van der Waals surface area contributed by atoms with Gasteiger partial charge in [0.05, 0.1) is 32.0 Å². The topological polar surface area (TPSA) is 141 Å². The van der Waals surface area contributed by atoms with Gasteiger partial charge in [0.15, 0.2) is 23.1 Å². The Morgan fingerprint density at radius 1 is 0.933 bits per heavy atom. The normalized spacial score (nSPS) is 10.8. The molecular formula is C31H23BrF2N4O7. The second kappa shape index (κ2) is 13.0. The number of aromatic nitrogens is 2. The van der Waals surface area contributed by atoms with E-state index in [1.54, 1.807) is 18.2 Å². The third-order valence-corrected chi connectivity index (χ3v) is 7.29. The molecule has 0 fully saturated rings. The highest BCUT2D eigenvalue weighted by molar-refractivity contribution is 9.10. The van der Waals surface area contributed by atoms with E-state index in [0.717, 1.165) is 22.8 Å². The van der Waals surface area contributed by atoms with Crippen molar-refractivity contribution in [3.05, 3.63) is 111 Å². The van der Waals surface area contributed by atoms with E-state index in [1.807, 2.05) is 0 Å². The zero-order valence-electron chi connectivity index (χ0n) is 23.6. The Morgan fingerprint density at radius 2 is 1.64 bits per heavy atom. The molecule has 0 bridgehead atoms. The lowest BCUT2D eigenvalue weighted by molar-refractivity contribution is 0.102. The van der Waals surface area contributed by atoms with Crippen LogP contribution < -0.4 is 30.4 Å². The zero-order chi connectivity index (χ0) is 32.2. The number of pyridine rings is 2. The number of hydrogen-bond acceptors (Lipinski definition) is 7. The molecule has 0 aliphatic rings. The molecule has 2 heterocycles. The number of methoxy groups -OCH3 is 2. The van der Waals surface area contributed by atoms with Crippen LogP contribution in [0.1, 0.15) is 16.1 Å². The van der Waals surface area contributed by atoms with E-state index in [4.69, 9.17) is 19.3 Å². The van der Waals surface area contributed by atoms with E-state index in [1.165, 1.54) is 50.7 Å². The molecule has 2 amide bonds. The van der Waals surface area contributed by atoms with Gasteiger partial charge in [-0.15, -0.1) is 0 Å². The second-order valence-electron chi connectivity index (χ2n) is 9.36. The van der Waals surface area contributed by atoms with Gasteiger partial charge in [0, 0.05) is 39.6 Å². The number of hydrogen-bond donors (Lipinski definition) is 3. The lowest BCUT2D eigenvalue weighted by Crippen LogP contribution is -2.33. The van der Waals surface area contributed by atoms with E-state index in [-0.39, 0.29) is 39.4 Å². The third-order valence-electron chi connectivity index (χ3n) is 6.60. The zero-order valence-corrected chi connectivity index (χ0v) is 25.1. The first kappa shape index (κ1) is 30.9. The molecule has 3 aromatic carbocycles. The highest BCUT2D eigenvalue weighted by Gasteiger charge is 2.21. The van der Waals surface area contributed by atoms with E-state index in [2.05, 4.69) is 31.5 Å². The molecule has 0 spiro atoms. The van der Waals surface area contributed by atoms with Crippen molar-refractivity contribution in [2.24, 2.45) is 0 Å². The first-order valence-electron chi connectivity index (χ1n) is 13.1. The van der Waals surface area contributed by atoms with Crippen LogP contribution in [0.2, 0.25) is 0 Å². The second-order valence-corrected chi connectivity index (χ2v) is 10.2. The SMILES string of the molecule is COc1cc2nccc(Oc3ccc(NC(=O)c4cc(Br)c(CNC(=O)O)n(-c5ccc(F)cc5)c4=O)cc3F)c2cc1OC. The smallest absolute Gasteiger partial charge is 0.404 e. The number of carbonyl (C=O) groups is 2. The van der Waals surface area contributed by atoms with Crippen LogP contribution >= 0.6 is 15.9 Å². The van der Waals surface area contributed by atoms with Crippen LogP contribution in [0.3, 0.4) is 0 Å². The predicted molar refractivity (Wildman–Crippen MR) is 164 cm³/mol. The molecule has 5 aromatic rings. The molecule has 14 heteroatoms. The molecule has 3 N–H and O–H groups in total. The number of carboxylic acid groups (broad SMARTS) is 1. The van der Waals surface area contributed by atoms with E-state index in [9.17, 15) is 18.8 Å². The molecule has 2 aromatic heterocycles. The number of nitrogens with zero attached hydrogens (tertiary/aromatic N) is 2. The van der Waals surface area contributed by atoms with Crippen molar-refractivity contribution in [2.75, 3.05) is 19.5 Å². The van der Waals surface area contributed by atoms with Gasteiger partial charge in [-0.1, -0.05) is 0 Å². The minimum absolute atomic E-state index is 0.0244. The highest BCUT2D eigenvalue weighted by atomic mass is 79.9. The van der Waals surface area contributed by atoms with Gasteiger partial charge in [0.25, 0.3) is 11.5 Å². The maximum Gasteiger partial charge on any atom is 0.404 e. The van der Waals surface area contributed by atoms with Crippen LogP contribution in [0.4, 0.5) is 19.3 Å². The lowest BCUT2D eigenvalue weighted by atomic mass is 10.1. The lowest BCUT2D eigenvalue weighted by Gasteiger charge is -2.17. The average Bonchev–Trinajstić information content (AvgIpc) is 3.02. The third kappa shape index (κ3) is 6.55. The summed E-state index contributed by atoms with van der Waals surface area (Å²) in [5, 5.41) is 14.3. The highest BCUT2D eigenvalue weighted by Crippen LogP contribution is 2.37. The first-order chi connectivity index (χ1) is 21.6. The minimum Gasteiger partial charge on any atom is -0.493 e. The van der Waals surface area contributed by atoms with Crippen LogP contribution in [0.15, 0.2) is 82.2 Å². The fourth-order valence-electron chi connectivity index (χ4n) is 4.49. The predicted octanol–water partition coefficient (Wildman–Crippen LogP) is 6.26. The fraction of sp³-hybridized carbons (Fsp3) is 0.0968. The van der Waals surface area contributed by atoms with Crippen LogP contribution in [0, 0.1) is 11.6 Å². The Balaban J connectivity index is 1.44. The number of amides is 2. The number of carbonyl (C=O) groups excluding carboxylic acids is 1. The summed E-state index contributed by atoms with van der Waals surface area (Å²) in [5.41, 5.74) is -0.267. The number of rotatable bonds is 9. The Labute approximate surface area is 262 Å². The quantitative estimate of drug-likeness (QED) is 0.166. The summed E-state index contributed by atoms with van der Waals surface area (Å²) in [6.45, 7) is -0.301. The summed E-state index contributed by atoms with van der Waals surface area (Å²) in [7, 11) is 2.98. The van der Waals surface area contributed by atoms with Gasteiger partial charge in [-0.3, -0.25) is 19.1 Å². The first-order valence-corrected chi connectivity index (χ1v) is 13.9.